The molecule has 39 heavy (non-hydrogen) atoms. The SMILES string of the molecule is CCOC(=O)CCCc1ccc(C[N+]2(C)[C@@H]3C[C@@H](OC(=O)C(O)(c4ccco4)c4ccco4)C[C@H]2[C@@H]2O[C@@H]23)s1. The van der Waals surface area contributed by atoms with Crippen LogP contribution in [0, 0.1) is 0 Å². The van der Waals surface area contributed by atoms with E-state index in [4.69, 9.17) is 23.0 Å². The number of morpholine rings is 1. The number of thiophene rings is 1. The molecule has 0 aromatic carbocycles. The maximum absolute atomic E-state index is 13.4. The Labute approximate surface area is 230 Å². The van der Waals surface area contributed by atoms with Gasteiger partial charge in [-0.05, 0) is 56.2 Å². The van der Waals surface area contributed by atoms with Gasteiger partial charge >= 0.3 is 11.9 Å². The van der Waals surface area contributed by atoms with Gasteiger partial charge in [0.2, 0.25) is 0 Å². The summed E-state index contributed by atoms with van der Waals surface area (Å²) >= 11 is 1.80. The third kappa shape index (κ3) is 4.73. The molecule has 6 heterocycles. The minimum atomic E-state index is -2.15. The van der Waals surface area contributed by atoms with Crippen LogP contribution in [0.4, 0.5) is 0 Å². The van der Waals surface area contributed by atoms with E-state index in [1.54, 1.807) is 23.5 Å². The first kappa shape index (κ1) is 26.3. The summed E-state index contributed by atoms with van der Waals surface area (Å²) in [6.45, 7) is 3.13. The van der Waals surface area contributed by atoms with Gasteiger partial charge in [-0.1, -0.05) is 0 Å². The van der Waals surface area contributed by atoms with Crippen molar-refractivity contribution in [3.05, 3.63) is 70.2 Å². The number of hydrogen-bond donors (Lipinski definition) is 1. The zero-order valence-corrected chi connectivity index (χ0v) is 22.9. The van der Waals surface area contributed by atoms with E-state index >= 15 is 0 Å². The van der Waals surface area contributed by atoms with Crippen molar-refractivity contribution in [1.29, 1.82) is 0 Å². The molecule has 1 unspecified atom stereocenters. The van der Waals surface area contributed by atoms with Crippen molar-refractivity contribution in [2.75, 3.05) is 13.7 Å². The molecule has 0 saturated carbocycles. The first-order chi connectivity index (χ1) is 18.8. The van der Waals surface area contributed by atoms with Gasteiger partial charge in [0, 0.05) is 24.1 Å². The van der Waals surface area contributed by atoms with Crippen LogP contribution in [0.2, 0.25) is 0 Å². The Morgan fingerprint density at radius 2 is 1.69 bits per heavy atom. The van der Waals surface area contributed by atoms with E-state index in [9.17, 15) is 14.7 Å². The number of likely N-dealkylation sites (N-methyl/N-ethyl adjacent to an activating group) is 1. The highest BCUT2D eigenvalue weighted by atomic mass is 32.1. The number of carbonyl (C=O) groups excluding carboxylic acids is 2. The maximum atomic E-state index is 13.4. The van der Waals surface area contributed by atoms with Gasteiger partial charge in [-0.2, -0.15) is 0 Å². The molecule has 208 valence electrons. The maximum Gasteiger partial charge on any atom is 0.354 e. The van der Waals surface area contributed by atoms with Gasteiger partial charge in [0.25, 0.3) is 5.60 Å². The Kier molecular flexibility index (Phi) is 6.91. The molecule has 3 aliphatic rings. The lowest BCUT2D eigenvalue weighted by Crippen LogP contribution is -2.62. The molecule has 0 spiro atoms. The third-order valence-electron chi connectivity index (χ3n) is 8.49. The van der Waals surface area contributed by atoms with E-state index in [2.05, 4.69) is 19.2 Å². The minimum Gasteiger partial charge on any atom is -0.466 e. The zero-order valence-electron chi connectivity index (χ0n) is 22.1. The molecule has 3 saturated heterocycles. The fourth-order valence-electron chi connectivity index (χ4n) is 6.53. The summed E-state index contributed by atoms with van der Waals surface area (Å²) in [5.74, 6) is -0.820. The van der Waals surface area contributed by atoms with Gasteiger partial charge < -0.3 is 32.6 Å². The molecule has 0 amide bonds. The van der Waals surface area contributed by atoms with Crippen molar-refractivity contribution >= 4 is 23.3 Å². The molecule has 0 aliphatic carbocycles. The number of carbonyl (C=O) groups is 2. The van der Waals surface area contributed by atoms with Gasteiger partial charge in [-0.25, -0.2) is 4.79 Å². The average Bonchev–Trinajstić information content (AvgIpc) is 3.36. The highest BCUT2D eigenvalue weighted by molar-refractivity contribution is 7.11. The van der Waals surface area contributed by atoms with Crippen LogP contribution in [0.3, 0.4) is 0 Å². The molecule has 6 atom stereocenters. The fraction of sp³-hybridized carbons (Fsp3) is 0.517. The molecule has 3 aliphatic heterocycles. The molecule has 0 radical (unpaired) electrons. The molecule has 10 heteroatoms. The second-order valence-electron chi connectivity index (χ2n) is 10.9. The predicted octanol–water partition coefficient (Wildman–Crippen LogP) is 3.93. The highest BCUT2D eigenvalue weighted by Crippen LogP contribution is 2.54. The number of piperidine rings is 1. The quantitative estimate of drug-likeness (QED) is 0.215. The van der Waals surface area contributed by atoms with Crippen LogP contribution in [-0.2, 0) is 42.4 Å². The van der Waals surface area contributed by atoms with Crippen molar-refractivity contribution in [2.45, 2.75) is 81.6 Å². The van der Waals surface area contributed by atoms with Crippen LogP contribution in [0.5, 0.6) is 0 Å². The Hall–Kier alpha value is -2.92. The summed E-state index contributed by atoms with van der Waals surface area (Å²) in [4.78, 5) is 27.6. The van der Waals surface area contributed by atoms with E-state index in [0.717, 1.165) is 23.9 Å². The first-order valence-electron chi connectivity index (χ1n) is 13.6. The topological polar surface area (TPSA) is 112 Å². The lowest BCUT2D eigenvalue weighted by atomic mass is 9.94. The van der Waals surface area contributed by atoms with Gasteiger partial charge in [-0.15, -0.1) is 11.3 Å². The third-order valence-corrected chi connectivity index (χ3v) is 9.62. The van der Waals surface area contributed by atoms with Gasteiger partial charge in [0.05, 0.1) is 31.1 Å². The van der Waals surface area contributed by atoms with Crippen LogP contribution in [0.15, 0.2) is 57.8 Å². The highest BCUT2D eigenvalue weighted by Gasteiger charge is 2.72. The number of ether oxygens (including phenoxy) is 3. The zero-order chi connectivity index (χ0) is 27.2. The molecule has 3 fully saturated rings. The molecule has 1 N–H and O–H groups in total. The number of rotatable bonds is 11. The van der Waals surface area contributed by atoms with Crippen LogP contribution in [0.25, 0.3) is 0 Å². The normalized spacial score (nSPS) is 29.2. The number of nitrogens with zero attached hydrogens (tertiary/aromatic N) is 1. The van der Waals surface area contributed by atoms with E-state index in [1.165, 1.54) is 34.4 Å². The standard InChI is InChI=1S/C29H34NO8S/c1-3-34-25(31)10-4-7-19-11-12-20(39-19)17-30(2)21-15-18(16-22(30)27-26(21)38-27)37-28(32)29(33,23-8-5-13-35-23)24-9-6-14-36-24/h5-6,8-9,11-14,18,21-22,26-27,33H,3-4,7,10,15-17H2,1-2H3/q+1/t18-,21-,22+,26-,27+,30?. The van der Waals surface area contributed by atoms with Crippen molar-refractivity contribution in [2.24, 2.45) is 0 Å². The largest absolute Gasteiger partial charge is 0.466 e. The number of hydrogen-bond acceptors (Lipinski definition) is 9. The fourth-order valence-corrected chi connectivity index (χ4v) is 7.73. The monoisotopic (exact) mass is 556 g/mol. The lowest BCUT2D eigenvalue weighted by Gasteiger charge is -2.48. The summed E-state index contributed by atoms with van der Waals surface area (Å²) in [5, 5.41) is 11.4. The Morgan fingerprint density at radius 1 is 1.05 bits per heavy atom. The molecular weight excluding hydrogens is 522 g/mol. The van der Waals surface area contributed by atoms with E-state index < -0.39 is 11.6 Å². The second kappa shape index (κ2) is 10.2. The number of aryl methyl sites for hydroxylation is 1. The average molecular weight is 557 g/mol. The molecular formula is C29H34NO8S+. The first-order valence-corrected chi connectivity index (χ1v) is 14.4. The van der Waals surface area contributed by atoms with Crippen LogP contribution < -0.4 is 0 Å². The minimum absolute atomic E-state index is 0.0591. The molecule has 3 aromatic rings. The number of furan rings is 2. The summed E-state index contributed by atoms with van der Waals surface area (Å²) in [6, 6.07) is 11.0. The van der Waals surface area contributed by atoms with Crippen molar-refractivity contribution < 1.29 is 42.2 Å². The molecule has 3 aromatic heterocycles. The molecule has 9 nitrogen and oxygen atoms in total. The Balaban J connectivity index is 1.11. The molecule has 6 rings (SSSR count). The number of fused-ring (bicyclic) bond motifs is 5. The van der Waals surface area contributed by atoms with Gasteiger partial charge in [0.1, 0.15) is 36.9 Å². The Morgan fingerprint density at radius 3 is 2.28 bits per heavy atom. The predicted molar refractivity (Wildman–Crippen MR) is 140 cm³/mol. The van der Waals surface area contributed by atoms with Gasteiger partial charge in [0.15, 0.2) is 11.5 Å². The van der Waals surface area contributed by atoms with E-state index in [1.807, 2.05) is 6.92 Å². The summed E-state index contributed by atoms with van der Waals surface area (Å²) in [5.41, 5.74) is -2.15. The summed E-state index contributed by atoms with van der Waals surface area (Å²) < 4.78 is 28.7. The van der Waals surface area contributed by atoms with Crippen LogP contribution >= 0.6 is 11.3 Å². The number of esters is 2. The second-order valence-corrected chi connectivity index (χ2v) is 12.1. The van der Waals surface area contributed by atoms with Crippen molar-refractivity contribution in [1.82, 2.24) is 0 Å². The smallest absolute Gasteiger partial charge is 0.354 e. The Bertz CT molecular complexity index is 1250. The summed E-state index contributed by atoms with van der Waals surface area (Å²) in [7, 11) is 2.28. The van der Waals surface area contributed by atoms with Gasteiger partial charge in [-0.3, -0.25) is 4.79 Å². The van der Waals surface area contributed by atoms with E-state index in [0.29, 0.717) is 25.9 Å². The molecule has 2 bridgehead atoms. The number of quaternary nitrogens is 1. The number of epoxide rings is 1. The van der Waals surface area contributed by atoms with Crippen molar-refractivity contribution in [3.63, 3.8) is 0 Å². The van der Waals surface area contributed by atoms with E-state index in [-0.39, 0.29) is 47.9 Å². The van der Waals surface area contributed by atoms with Crippen molar-refractivity contribution in [3.8, 4) is 0 Å². The number of aliphatic hydroxyl groups is 1. The van der Waals surface area contributed by atoms with Crippen LogP contribution in [0.1, 0.15) is 53.9 Å². The van der Waals surface area contributed by atoms with Crippen LogP contribution in [-0.4, -0.2) is 65.6 Å². The summed E-state index contributed by atoms with van der Waals surface area (Å²) in [6.07, 6.45) is 6.20. The lowest BCUT2D eigenvalue weighted by molar-refractivity contribution is -0.968.